The molecule has 0 aliphatic rings. The van der Waals surface area contributed by atoms with Crippen LogP contribution in [0.25, 0.3) is 10.2 Å². The van der Waals surface area contributed by atoms with Gasteiger partial charge in [-0.2, -0.15) is 5.10 Å². The molecule has 9 nitrogen and oxygen atoms in total. The van der Waals surface area contributed by atoms with E-state index in [1.54, 1.807) is 37.8 Å². The maximum absolute atomic E-state index is 12.6. The number of carbonyl (C=O) groups is 1. The van der Waals surface area contributed by atoms with Crippen LogP contribution in [0.3, 0.4) is 0 Å². The fourth-order valence-electron chi connectivity index (χ4n) is 3.25. The minimum Gasteiger partial charge on any atom is -0.493 e. The number of rotatable bonds is 8. The van der Waals surface area contributed by atoms with Crippen LogP contribution in [-0.2, 0) is 17.8 Å². The fourth-order valence-corrected chi connectivity index (χ4v) is 5.19. The quantitative estimate of drug-likeness (QED) is 0.281. The summed E-state index contributed by atoms with van der Waals surface area (Å²) in [5.74, 6) is 0.763. The number of fused-ring (bicyclic) bond motifs is 1. The molecule has 0 aliphatic heterocycles. The average molecular weight is 479 g/mol. The van der Waals surface area contributed by atoms with Gasteiger partial charge in [0, 0.05) is 24.4 Å². The van der Waals surface area contributed by atoms with E-state index in [9.17, 15) is 9.59 Å². The van der Waals surface area contributed by atoms with Gasteiger partial charge < -0.3 is 18.8 Å². The van der Waals surface area contributed by atoms with Crippen LogP contribution < -0.4 is 19.1 Å². The molecule has 0 spiro atoms. The fraction of sp³-hybridized carbons (Fsp3) is 0.429. The zero-order valence-electron chi connectivity index (χ0n) is 18.9. The lowest BCUT2D eigenvalue weighted by Gasteiger charge is -2.08. The van der Waals surface area contributed by atoms with Crippen LogP contribution in [0.15, 0.2) is 27.1 Å². The second-order valence-corrected chi connectivity index (χ2v) is 8.80. The third-order valence-corrected chi connectivity index (χ3v) is 6.89. The number of ether oxygens (including phenoxy) is 3. The van der Waals surface area contributed by atoms with Crippen LogP contribution in [-0.4, -0.2) is 41.6 Å². The summed E-state index contributed by atoms with van der Waals surface area (Å²) < 4.78 is 20.2. The summed E-state index contributed by atoms with van der Waals surface area (Å²) in [6.07, 6.45) is 0. The van der Waals surface area contributed by atoms with E-state index in [1.807, 2.05) is 25.3 Å². The Morgan fingerprint density at radius 3 is 2.41 bits per heavy atom. The van der Waals surface area contributed by atoms with Crippen molar-refractivity contribution in [2.45, 2.75) is 40.8 Å². The van der Waals surface area contributed by atoms with E-state index in [-0.39, 0.29) is 17.4 Å². The minimum atomic E-state index is -0.361. The molecule has 2 aromatic heterocycles. The third-order valence-electron chi connectivity index (χ3n) is 4.80. The Morgan fingerprint density at radius 1 is 1.09 bits per heavy atom. The SMILES string of the molecule is CCOC(=O)c1s/c(=N\N=C(/C)Cn2c(=O)sc3cc(OC)c(OC)cc32)n(CC)c1C. The highest BCUT2D eigenvalue weighted by molar-refractivity contribution is 7.16. The topological polar surface area (TPSA) is 96.4 Å². The van der Waals surface area contributed by atoms with Crippen molar-refractivity contribution in [2.24, 2.45) is 10.2 Å². The first-order chi connectivity index (χ1) is 15.3. The van der Waals surface area contributed by atoms with Crippen LogP contribution in [0, 0.1) is 6.92 Å². The third kappa shape index (κ3) is 4.63. The Balaban J connectivity index is 1.98. The molecule has 0 fully saturated rings. The molecule has 11 heteroatoms. The maximum atomic E-state index is 12.6. The number of carbonyl (C=O) groups excluding carboxylic acids is 1. The molecule has 3 rings (SSSR count). The molecule has 0 radical (unpaired) electrons. The number of thiazole rings is 2. The van der Waals surface area contributed by atoms with E-state index in [4.69, 9.17) is 14.2 Å². The van der Waals surface area contributed by atoms with E-state index in [2.05, 4.69) is 10.2 Å². The first kappa shape index (κ1) is 23.7. The van der Waals surface area contributed by atoms with Gasteiger partial charge in [-0.3, -0.25) is 9.36 Å². The highest BCUT2D eigenvalue weighted by Crippen LogP contribution is 2.33. The molecule has 1 aromatic carbocycles. The highest BCUT2D eigenvalue weighted by atomic mass is 32.1. The van der Waals surface area contributed by atoms with Crippen molar-refractivity contribution in [3.63, 3.8) is 0 Å². The lowest BCUT2D eigenvalue weighted by Crippen LogP contribution is -2.18. The zero-order valence-corrected chi connectivity index (χ0v) is 20.6. The summed E-state index contributed by atoms with van der Waals surface area (Å²) in [7, 11) is 3.12. The van der Waals surface area contributed by atoms with Gasteiger partial charge in [0.15, 0.2) is 11.5 Å². The molecule has 32 heavy (non-hydrogen) atoms. The van der Waals surface area contributed by atoms with Gasteiger partial charge in [-0.05, 0) is 27.7 Å². The molecular weight excluding hydrogens is 452 g/mol. The molecule has 0 unspecified atom stereocenters. The number of esters is 1. The molecule has 0 N–H and O–H groups in total. The van der Waals surface area contributed by atoms with Gasteiger partial charge in [0.05, 0.1) is 43.3 Å². The maximum Gasteiger partial charge on any atom is 0.350 e. The molecule has 0 amide bonds. The van der Waals surface area contributed by atoms with Crippen molar-refractivity contribution >= 4 is 44.6 Å². The molecule has 0 saturated carbocycles. The molecule has 172 valence electrons. The number of methoxy groups -OCH3 is 2. The highest BCUT2D eigenvalue weighted by Gasteiger charge is 2.17. The summed E-state index contributed by atoms with van der Waals surface area (Å²) in [5.41, 5.74) is 2.18. The Bertz CT molecular complexity index is 1300. The van der Waals surface area contributed by atoms with Gasteiger partial charge in [0.25, 0.3) is 0 Å². The van der Waals surface area contributed by atoms with Gasteiger partial charge >= 0.3 is 10.8 Å². The monoisotopic (exact) mass is 478 g/mol. The average Bonchev–Trinajstić information content (AvgIpc) is 3.26. The normalized spacial score (nSPS) is 12.4. The van der Waals surface area contributed by atoms with Gasteiger partial charge in [0.2, 0.25) is 4.80 Å². The number of aromatic nitrogens is 2. The number of hydrogen-bond donors (Lipinski definition) is 0. The van der Waals surface area contributed by atoms with Crippen LogP contribution in [0.1, 0.15) is 36.1 Å². The van der Waals surface area contributed by atoms with E-state index < -0.39 is 0 Å². The molecule has 0 aliphatic carbocycles. The summed E-state index contributed by atoms with van der Waals surface area (Å²) in [6.45, 7) is 8.65. The Kier molecular flexibility index (Phi) is 7.52. The molecule has 2 heterocycles. The molecule has 3 aromatic rings. The van der Waals surface area contributed by atoms with Crippen LogP contribution >= 0.6 is 22.7 Å². The molecule has 0 bridgehead atoms. The van der Waals surface area contributed by atoms with Gasteiger partial charge in [0.1, 0.15) is 4.88 Å². The molecular formula is C21H26N4O5S2. The van der Waals surface area contributed by atoms with E-state index in [0.717, 1.165) is 27.2 Å². The van der Waals surface area contributed by atoms with Crippen LogP contribution in [0.5, 0.6) is 11.5 Å². The number of nitrogens with zero attached hydrogens (tertiary/aromatic N) is 4. The standard InChI is InChI=1S/C21H26N4O5S2/c1-7-24-13(4)18(19(26)30-8-2)32-20(24)23-22-12(3)11-25-14-9-15(28-5)16(29-6)10-17(14)31-21(25)27/h9-10H,7-8,11H2,1-6H3/b22-12+,23-20-. The van der Waals surface area contributed by atoms with Crippen molar-refractivity contribution in [2.75, 3.05) is 20.8 Å². The van der Waals surface area contributed by atoms with Crippen molar-refractivity contribution in [1.82, 2.24) is 9.13 Å². The van der Waals surface area contributed by atoms with Crippen LogP contribution in [0.4, 0.5) is 0 Å². The Morgan fingerprint density at radius 2 is 1.78 bits per heavy atom. The number of hydrogen-bond acceptors (Lipinski definition) is 9. The second kappa shape index (κ2) is 10.1. The molecule has 0 saturated heterocycles. The summed E-state index contributed by atoms with van der Waals surface area (Å²) in [4.78, 5) is 25.8. The lowest BCUT2D eigenvalue weighted by atomic mass is 10.3. The van der Waals surface area contributed by atoms with Gasteiger partial charge in [-0.25, -0.2) is 4.79 Å². The summed E-state index contributed by atoms with van der Waals surface area (Å²) in [6, 6.07) is 3.58. The largest absolute Gasteiger partial charge is 0.493 e. The van der Waals surface area contributed by atoms with Gasteiger partial charge in [-0.1, -0.05) is 22.7 Å². The summed E-state index contributed by atoms with van der Waals surface area (Å²) in [5, 5.41) is 8.69. The van der Waals surface area contributed by atoms with E-state index >= 15 is 0 Å². The Hall–Kier alpha value is -2.92. The first-order valence-corrected chi connectivity index (χ1v) is 11.7. The van der Waals surface area contributed by atoms with Crippen molar-refractivity contribution < 1.29 is 19.0 Å². The van der Waals surface area contributed by atoms with E-state index in [0.29, 0.717) is 40.0 Å². The second-order valence-electron chi connectivity index (χ2n) is 6.83. The predicted octanol–water partition coefficient (Wildman–Crippen LogP) is 3.43. The smallest absolute Gasteiger partial charge is 0.350 e. The Labute approximate surface area is 193 Å². The first-order valence-electron chi connectivity index (χ1n) is 10.0. The van der Waals surface area contributed by atoms with Gasteiger partial charge in [-0.15, -0.1) is 5.10 Å². The van der Waals surface area contributed by atoms with E-state index in [1.165, 1.54) is 11.3 Å². The van der Waals surface area contributed by atoms with Crippen molar-refractivity contribution in [3.05, 3.63) is 37.2 Å². The zero-order chi connectivity index (χ0) is 23.4. The molecule has 0 atom stereocenters. The number of benzene rings is 1. The van der Waals surface area contributed by atoms with Crippen LogP contribution in [0.2, 0.25) is 0 Å². The minimum absolute atomic E-state index is 0.106. The summed E-state index contributed by atoms with van der Waals surface area (Å²) >= 11 is 2.38. The van der Waals surface area contributed by atoms with Crippen molar-refractivity contribution in [1.29, 1.82) is 0 Å². The lowest BCUT2D eigenvalue weighted by molar-refractivity contribution is 0.0530. The predicted molar refractivity (Wildman–Crippen MR) is 127 cm³/mol. The van der Waals surface area contributed by atoms with Crippen molar-refractivity contribution in [3.8, 4) is 11.5 Å².